The first-order valence-electron chi connectivity index (χ1n) is 9.67. The van der Waals surface area contributed by atoms with Gasteiger partial charge < -0.3 is 9.30 Å². The number of allylic oxidation sites excluding steroid dienone is 1. The Hall–Kier alpha value is -3.21. The van der Waals surface area contributed by atoms with Gasteiger partial charge in [-0.3, -0.25) is 9.59 Å². The van der Waals surface area contributed by atoms with E-state index in [1.807, 2.05) is 24.3 Å². The number of carbonyl (C=O) groups is 2. The lowest BCUT2D eigenvalue weighted by molar-refractivity contribution is -0.144. The fourth-order valence-electron chi connectivity index (χ4n) is 3.51. The van der Waals surface area contributed by atoms with Gasteiger partial charge >= 0.3 is 5.97 Å². The largest absolute Gasteiger partial charge is 0.466 e. The summed E-state index contributed by atoms with van der Waals surface area (Å²) in [6, 6.07) is 14.4. The molecule has 0 spiro atoms. The summed E-state index contributed by atoms with van der Waals surface area (Å²) in [5.74, 6) is -1.16. The van der Waals surface area contributed by atoms with Gasteiger partial charge in [-0.1, -0.05) is 30.3 Å². The van der Waals surface area contributed by atoms with Crippen LogP contribution in [0.4, 0.5) is 4.39 Å². The topological polar surface area (TPSA) is 48.3 Å². The van der Waals surface area contributed by atoms with Crippen molar-refractivity contribution in [3.63, 3.8) is 0 Å². The van der Waals surface area contributed by atoms with Crippen molar-refractivity contribution in [3.05, 3.63) is 66.1 Å². The highest BCUT2D eigenvalue weighted by Gasteiger charge is 2.19. The van der Waals surface area contributed by atoms with Crippen molar-refractivity contribution in [3.8, 4) is 11.1 Å². The van der Waals surface area contributed by atoms with Crippen molar-refractivity contribution < 1.29 is 18.7 Å². The molecule has 0 saturated carbocycles. The number of hydrogen-bond acceptors (Lipinski definition) is 3. The second-order valence-electron chi connectivity index (χ2n) is 7.03. The maximum Gasteiger partial charge on any atom is 0.313 e. The normalized spacial score (nSPS) is 11.5. The molecule has 0 fully saturated rings. The number of carbonyl (C=O) groups excluding carboxylic acids is 2. The lowest BCUT2D eigenvalue weighted by Crippen LogP contribution is -2.09. The lowest BCUT2D eigenvalue weighted by atomic mass is 10.0. The molecular weight excluding hydrogens is 369 g/mol. The summed E-state index contributed by atoms with van der Waals surface area (Å²) in [6.45, 7) is 6.08. The van der Waals surface area contributed by atoms with Gasteiger partial charge in [0.2, 0.25) is 0 Å². The molecule has 0 unspecified atom stereocenters. The maximum absolute atomic E-state index is 13.5. The van der Waals surface area contributed by atoms with Crippen LogP contribution in [0.2, 0.25) is 0 Å². The number of benzene rings is 2. The Labute approximate surface area is 169 Å². The molecule has 0 aliphatic rings. The first-order valence-corrected chi connectivity index (χ1v) is 9.67. The zero-order chi connectivity index (χ0) is 21.0. The van der Waals surface area contributed by atoms with Crippen LogP contribution in [0, 0.1) is 5.82 Å². The predicted octanol–water partition coefficient (Wildman–Crippen LogP) is 5.56. The Balaban J connectivity index is 2.13. The minimum atomic E-state index is -0.537. The monoisotopic (exact) mass is 393 g/mol. The third kappa shape index (κ3) is 4.45. The van der Waals surface area contributed by atoms with Crippen molar-refractivity contribution in [1.29, 1.82) is 0 Å². The van der Waals surface area contributed by atoms with Gasteiger partial charge in [-0.25, -0.2) is 4.39 Å². The molecule has 0 amide bonds. The quantitative estimate of drug-likeness (QED) is 0.300. The van der Waals surface area contributed by atoms with Crippen LogP contribution in [0.3, 0.4) is 0 Å². The number of nitrogens with zero attached hydrogens (tertiary/aromatic N) is 1. The van der Waals surface area contributed by atoms with E-state index in [1.165, 1.54) is 18.2 Å². The zero-order valence-corrected chi connectivity index (χ0v) is 16.8. The fraction of sp³-hybridized carbons (Fsp3) is 0.250. The van der Waals surface area contributed by atoms with Crippen molar-refractivity contribution in [2.75, 3.05) is 6.61 Å². The van der Waals surface area contributed by atoms with Crippen molar-refractivity contribution in [2.24, 2.45) is 0 Å². The Kier molecular flexibility index (Phi) is 6.27. The van der Waals surface area contributed by atoms with E-state index in [-0.39, 0.29) is 30.7 Å². The van der Waals surface area contributed by atoms with E-state index >= 15 is 0 Å². The van der Waals surface area contributed by atoms with Crippen molar-refractivity contribution in [1.82, 2.24) is 4.57 Å². The Morgan fingerprint density at radius 2 is 1.79 bits per heavy atom. The number of ketones is 1. The second-order valence-corrected chi connectivity index (χ2v) is 7.03. The number of halogens is 1. The van der Waals surface area contributed by atoms with Crippen molar-refractivity contribution >= 4 is 28.7 Å². The van der Waals surface area contributed by atoms with Crippen LogP contribution in [-0.2, 0) is 14.3 Å². The number of para-hydroxylation sites is 1. The third-order valence-electron chi connectivity index (χ3n) is 4.65. The van der Waals surface area contributed by atoms with E-state index in [0.29, 0.717) is 0 Å². The average Bonchev–Trinajstić information content (AvgIpc) is 3.01. The molecule has 3 rings (SSSR count). The maximum atomic E-state index is 13.5. The molecule has 0 aliphatic carbocycles. The van der Waals surface area contributed by atoms with E-state index < -0.39 is 5.97 Å². The van der Waals surface area contributed by atoms with E-state index in [2.05, 4.69) is 18.4 Å². The highest BCUT2D eigenvalue weighted by atomic mass is 19.1. The number of fused-ring (bicyclic) bond motifs is 1. The molecule has 0 N–H and O–H groups in total. The molecule has 150 valence electrons. The molecule has 1 aromatic heterocycles. The van der Waals surface area contributed by atoms with Crippen LogP contribution < -0.4 is 0 Å². The molecule has 1 heterocycles. The molecule has 0 aliphatic heterocycles. The van der Waals surface area contributed by atoms with Crippen LogP contribution in [0.25, 0.3) is 28.1 Å². The molecule has 29 heavy (non-hydrogen) atoms. The molecule has 0 atom stereocenters. The van der Waals surface area contributed by atoms with Gasteiger partial charge in [0, 0.05) is 22.5 Å². The third-order valence-corrected chi connectivity index (χ3v) is 4.65. The first kappa shape index (κ1) is 20.5. The molecule has 0 radical (unpaired) electrons. The highest BCUT2D eigenvalue weighted by Crippen LogP contribution is 2.37. The minimum Gasteiger partial charge on any atom is -0.466 e. The SMILES string of the molecule is CCOC(=O)CC(=O)C=Cc1c(-c2ccc(F)cc2)c2ccccc2n1C(C)C. The molecule has 5 heteroatoms. The molecular formula is C24H24FNO3. The number of esters is 1. The molecule has 0 bridgehead atoms. The first-order chi connectivity index (χ1) is 13.9. The molecule has 4 nitrogen and oxygen atoms in total. The number of hydrogen-bond donors (Lipinski definition) is 0. The van der Waals surface area contributed by atoms with Gasteiger partial charge in [0.15, 0.2) is 5.78 Å². The van der Waals surface area contributed by atoms with Gasteiger partial charge in [-0.05, 0) is 56.7 Å². The Morgan fingerprint density at radius 3 is 2.45 bits per heavy atom. The lowest BCUT2D eigenvalue weighted by Gasteiger charge is -2.13. The van der Waals surface area contributed by atoms with Crippen LogP contribution >= 0.6 is 0 Å². The number of rotatable bonds is 7. The van der Waals surface area contributed by atoms with Gasteiger partial charge in [0.1, 0.15) is 12.2 Å². The van der Waals surface area contributed by atoms with Gasteiger partial charge in [-0.15, -0.1) is 0 Å². The van der Waals surface area contributed by atoms with Crippen LogP contribution in [0.5, 0.6) is 0 Å². The summed E-state index contributed by atoms with van der Waals surface area (Å²) in [4.78, 5) is 23.8. The van der Waals surface area contributed by atoms with Gasteiger partial charge in [0.25, 0.3) is 0 Å². The zero-order valence-electron chi connectivity index (χ0n) is 16.8. The summed E-state index contributed by atoms with van der Waals surface area (Å²) in [5, 5.41) is 1.02. The summed E-state index contributed by atoms with van der Waals surface area (Å²) in [5.41, 5.74) is 3.65. The fourth-order valence-corrected chi connectivity index (χ4v) is 3.51. The molecule has 2 aromatic carbocycles. The number of aromatic nitrogens is 1. The van der Waals surface area contributed by atoms with Crippen molar-refractivity contribution in [2.45, 2.75) is 33.2 Å². The molecule has 0 saturated heterocycles. The van der Waals surface area contributed by atoms with Gasteiger partial charge in [0.05, 0.1) is 12.3 Å². The smallest absolute Gasteiger partial charge is 0.313 e. The summed E-state index contributed by atoms with van der Waals surface area (Å²) >= 11 is 0. The average molecular weight is 393 g/mol. The minimum absolute atomic E-state index is 0.133. The highest BCUT2D eigenvalue weighted by molar-refractivity contribution is 6.06. The predicted molar refractivity (Wildman–Crippen MR) is 113 cm³/mol. The number of ether oxygens (including phenoxy) is 1. The summed E-state index contributed by atoms with van der Waals surface area (Å²) in [6.07, 6.45) is 2.86. The van der Waals surface area contributed by atoms with E-state index in [9.17, 15) is 14.0 Å². The Bertz CT molecular complexity index is 1060. The van der Waals surface area contributed by atoms with Crippen LogP contribution in [-0.4, -0.2) is 22.9 Å². The standard InChI is InChI=1S/C24H24FNO3/c1-4-29-23(28)15-19(27)13-14-22-24(17-9-11-18(25)12-10-17)20-7-5-6-8-21(20)26(22)16(2)3/h5-14,16H,4,15H2,1-3H3. The summed E-state index contributed by atoms with van der Waals surface area (Å²) in [7, 11) is 0. The Morgan fingerprint density at radius 1 is 1.10 bits per heavy atom. The van der Waals surface area contributed by atoms with E-state index in [0.717, 1.165) is 27.7 Å². The second kappa shape index (κ2) is 8.86. The van der Waals surface area contributed by atoms with Gasteiger partial charge in [-0.2, -0.15) is 0 Å². The van der Waals surface area contributed by atoms with Crippen LogP contribution in [0.15, 0.2) is 54.6 Å². The van der Waals surface area contributed by atoms with E-state index in [1.54, 1.807) is 25.1 Å². The summed E-state index contributed by atoms with van der Waals surface area (Å²) < 4.78 is 20.5. The van der Waals surface area contributed by atoms with E-state index in [4.69, 9.17) is 4.74 Å². The molecule has 3 aromatic rings. The van der Waals surface area contributed by atoms with Crippen LogP contribution in [0.1, 0.15) is 38.9 Å².